The van der Waals surface area contributed by atoms with Crippen molar-refractivity contribution in [2.24, 2.45) is 7.05 Å². The van der Waals surface area contributed by atoms with Gasteiger partial charge in [-0.05, 0) is 18.2 Å². The summed E-state index contributed by atoms with van der Waals surface area (Å²) in [6.45, 7) is 3.06. The fourth-order valence-corrected chi connectivity index (χ4v) is 3.19. The highest BCUT2D eigenvalue weighted by Gasteiger charge is 2.25. The number of carbonyl (C=O) groups is 1. The fraction of sp³-hybridized carbons (Fsp3) is 0.444. The van der Waals surface area contributed by atoms with E-state index in [-0.39, 0.29) is 17.8 Å². The van der Waals surface area contributed by atoms with Crippen LogP contribution < -0.4 is 10.2 Å². The zero-order valence-corrected chi connectivity index (χ0v) is 15.1. The molecule has 8 heteroatoms. The van der Waals surface area contributed by atoms with E-state index in [1.807, 2.05) is 25.2 Å². The molecular weight excluding hydrogens is 334 g/mol. The molecular formula is C18H25N5O3. The third-order valence-electron chi connectivity index (χ3n) is 4.61. The van der Waals surface area contributed by atoms with Gasteiger partial charge in [-0.2, -0.15) is 5.10 Å². The van der Waals surface area contributed by atoms with Crippen molar-refractivity contribution in [3.8, 4) is 5.75 Å². The molecule has 8 nitrogen and oxygen atoms in total. The van der Waals surface area contributed by atoms with Crippen LogP contribution >= 0.6 is 0 Å². The van der Waals surface area contributed by atoms with Crippen molar-refractivity contribution < 1.29 is 14.6 Å². The van der Waals surface area contributed by atoms with Gasteiger partial charge in [-0.25, -0.2) is 4.79 Å². The van der Waals surface area contributed by atoms with Crippen LogP contribution in [0.15, 0.2) is 36.5 Å². The number of benzene rings is 1. The monoisotopic (exact) mass is 359 g/mol. The topological polar surface area (TPSA) is 82.9 Å². The third-order valence-corrected chi connectivity index (χ3v) is 4.61. The second-order valence-corrected chi connectivity index (χ2v) is 6.33. The number of amides is 2. The van der Waals surface area contributed by atoms with Crippen LogP contribution in [0.1, 0.15) is 11.7 Å². The number of piperazine rings is 1. The van der Waals surface area contributed by atoms with E-state index in [4.69, 9.17) is 4.74 Å². The Morgan fingerprint density at radius 1 is 1.31 bits per heavy atom. The van der Waals surface area contributed by atoms with E-state index in [9.17, 15) is 9.90 Å². The first-order valence-corrected chi connectivity index (χ1v) is 8.64. The molecule has 1 atom stereocenters. The van der Waals surface area contributed by atoms with E-state index in [0.29, 0.717) is 19.7 Å². The molecule has 2 heterocycles. The van der Waals surface area contributed by atoms with Crippen LogP contribution in [0.5, 0.6) is 5.75 Å². The zero-order chi connectivity index (χ0) is 18.5. The second kappa shape index (κ2) is 8.09. The summed E-state index contributed by atoms with van der Waals surface area (Å²) >= 11 is 0. The van der Waals surface area contributed by atoms with Crippen LogP contribution in [-0.2, 0) is 11.8 Å². The minimum absolute atomic E-state index is 0.108. The molecule has 1 fully saturated rings. The van der Waals surface area contributed by atoms with E-state index < -0.39 is 0 Å². The number of hydrogen-bond donors (Lipinski definition) is 2. The van der Waals surface area contributed by atoms with Gasteiger partial charge in [0.1, 0.15) is 5.75 Å². The molecule has 1 saturated heterocycles. The second-order valence-electron chi connectivity index (χ2n) is 6.33. The van der Waals surface area contributed by atoms with Gasteiger partial charge in [0.05, 0.1) is 18.3 Å². The Labute approximate surface area is 153 Å². The van der Waals surface area contributed by atoms with Crippen LogP contribution in [0, 0.1) is 0 Å². The molecule has 0 aliphatic carbocycles. The van der Waals surface area contributed by atoms with Crippen molar-refractivity contribution >= 4 is 11.7 Å². The lowest BCUT2D eigenvalue weighted by Crippen LogP contribution is -2.52. The lowest BCUT2D eigenvalue weighted by Gasteiger charge is -2.36. The predicted molar refractivity (Wildman–Crippen MR) is 98.2 cm³/mol. The number of carbonyl (C=O) groups excluding carboxylic acids is 1. The molecule has 1 aliphatic heterocycles. The van der Waals surface area contributed by atoms with Crippen LogP contribution in [-0.4, -0.2) is 65.7 Å². The zero-order valence-electron chi connectivity index (χ0n) is 15.1. The van der Waals surface area contributed by atoms with E-state index in [0.717, 1.165) is 24.5 Å². The quantitative estimate of drug-likeness (QED) is 0.842. The number of phenols is 1. The highest BCUT2D eigenvalue weighted by atomic mass is 16.5. The Morgan fingerprint density at radius 2 is 2.08 bits per heavy atom. The Balaban J connectivity index is 1.58. The first-order chi connectivity index (χ1) is 12.6. The molecule has 2 aromatic rings. The molecule has 1 aromatic carbocycles. The van der Waals surface area contributed by atoms with Gasteiger partial charge in [0.15, 0.2) is 0 Å². The lowest BCUT2D eigenvalue weighted by molar-refractivity contribution is 0.151. The van der Waals surface area contributed by atoms with Crippen molar-refractivity contribution in [2.45, 2.75) is 6.04 Å². The first-order valence-electron chi connectivity index (χ1n) is 8.64. The lowest BCUT2D eigenvalue weighted by atomic mass is 10.2. The molecule has 0 unspecified atom stereocenters. The summed E-state index contributed by atoms with van der Waals surface area (Å²) in [5.41, 5.74) is 1.87. The van der Waals surface area contributed by atoms with Gasteiger partial charge >= 0.3 is 6.03 Å². The highest BCUT2D eigenvalue weighted by Crippen LogP contribution is 2.21. The molecule has 0 bridgehead atoms. The summed E-state index contributed by atoms with van der Waals surface area (Å²) in [4.78, 5) is 16.6. The molecule has 3 rings (SSSR count). The number of aryl methyl sites for hydroxylation is 1. The number of methoxy groups -OCH3 is 1. The Kier molecular flexibility index (Phi) is 5.62. The van der Waals surface area contributed by atoms with E-state index in [1.165, 1.54) is 0 Å². The number of ether oxygens (including phenoxy) is 1. The van der Waals surface area contributed by atoms with Crippen LogP contribution in [0.4, 0.5) is 10.5 Å². The SMILES string of the molecule is COC[C@@H](NC(=O)N1CCN(c2cccc(O)c2)CC1)c1ccnn1C. The Bertz CT molecular complexity index is 740. The molecule has 26 heavy (non-hydrogen) atoms. The smallest absolute Gasteiger partial charge is 0.318 e. The van der Waals surface area contributed by atoms with Crippen molar-refractivity contribution in [2.75, 3.05) is 44.8 Å². The summed E-state index contributed by atoms with van der Waals surface area (Å²) in [6, 6.07) is 8.71. The molecule has 2 N–H and O–H groups in total. The maximum absolute atomic E-state index is 12.7. The fourth-order valence-electron chi connectivity index (χ4n) is 3.19. The van der Waals surface area contributed by atoms with E-state index in [1.54, 1.807) is 35.0 Å². The van der Waals surface area contributed by atoms with Gasteiger partial charge in [0, 0.05) is 58.3 Å². The molecule has 2 amide bonds. The van der Waals surface area contributed by atoms with E-state index >= 15 is 0 Å². The number of aromatic hydroxyl groups is 1. The Hall–Kier alpha value is -2.74. The van der Waals surface area contributed by atoms with Crippen molar-refractivity contribution in [1.29, 1.82) is 0 Å². The van der Waals surface area contributed by atoms with Crippen LogP contribution in [0.3, 0.4) is 0 Å². The van der Waals surface area contributed by atoms with Crippen LogP contribution in [0.2, 0.25) is 0 Å². The van der Waals surface area contributed by atoms with Crippen molar-refractivity contribution in [3.63, 3.8) is 0 Å². The predicted octanol–water partition coefficient (Wildman–Crippen LogP) is 1.35. The van der Waals surface area contributed by atoms with Gasteiger partial charge in [-0.3, -0.25) is 4.68 Å². The molecule has 0 spiro atoms. The van der Waals surface area contributed by atoms with Gasteiger partial charge in [0.2, 0.25) is 0 Å². The van der Waals surface area contributed by atoms with Crippen LogP contribution in [0.25, 0.3) is 0 Å². The van der Waals surface area contributed by atoms with Gasteiger partial charge in [0.25, 0.3) is 0 Å². The molecule has 0 saturated carbocycles. The standard InChI is InChI=1S/C18H25N5O3/c1-21-17(6-7-19-21)16(13-26-2)20-18(25)23-10-8-22(9-11-23)14-4-3-5-15(24)12-14/h3-7,12,16,24H,8-11,13H2,1-2H3,(H,20,25)/t16-/m1/s1. The number of aromatic nitrogens is 2. The first kappa shape index (κ1) is 18.1. The molecule has 0 radical (unpaired) electrons. The Morgan fingerprint density at radius 3 is 2.69 bits per heavy atom. The van der Waals surface area contributed by atoms with Gasteiger partial charge in [-0.15, -0.1) is 0 Å². The summed E-state index contributed by atoms with van der Waals surface area (Å²) in [5, 5.41) is 16.8. The average molecular weight is 359 g/mol. The maximum atomic E-state index is 12.7. The number of nitrogens with zero attached hydrogens (tertiary/aromatic N) is 4. The molecule has 1 aromatic heterocycles. The van der Waals surface area contributed by atoms with Crippen molar-refractivity contribution in [1.82, 2.24) is 20.0 Å². The number of urea groups is 1. The van der Waals surface area contributed by atoms with E-state index in [2.05, 4.69) is 15.3 Å². The minimum Gasteiger partial charge on any atom is -0.508 e. The third kappa shape index (κ3) is 4.08. The largest absolute Gasteiger partial charge is 0.508 e. The normalized spacial score (nSPS) is 15.8. The molecule has 140 valence electrons. The van der Waals surface area contributed by atoms with Gasteiger partial charge < -0.3 is 25.0 Å². The number of hydrogen-bond acceptors (Lipinski definition) is 5. The van der Waals surface area contributed by atoms with Crippen molar-refractivity contribution in [3.05, 3.63) is 42.2 Å². The summed E-state index contributed by atoms with van der Waals surface area (Å²) in [7, 11) is 3.46. The highest BCUT2D eigenvalue weighted by molar-refractivity contribution is 5.75. The minimum atomic E-state index is -0.246. The maximum Gasteiger partial charge on any atom is 0.318 e. The number of rotatable bonds is 5. The summed E-state index contributed by atoms with van der Waals surface area (Å²) in [5.74, 6) is 0.251. The number of anilines is 1. The average Bonchev–Trinajstić information content (AvgIpc) is 3.07. The summed E-state index contributed by atoms with van der Waals surface area (Å²) < 4.78 is 6.99. The summed E-state index contributed by atoms with van der Waals surface area (Å²) in [6.07, 6.45) is 1.71. The molecule has 1 aliphatic rings. The number of nitrogens with one attached hydrogen (secondary N) is 1. The van der Waals surface area contributed by atoms with Gasteiger partial charge in [-0.1, -0.05) is 6.07 Å². The number of phenolic OH excluding ortho intramolecular Hbond substituents is 1.